The van der Waals surface area contributed by atoms with Gasteiger partial charge in [-0.25, -0.2) is 9.97 Å². The number of alkyl halides is 3. The van der Waals surface area contributed by atoms with Crippen LogP contribution in [0.1, 0.15) is 47.3 Å². The lowest BCUT2D eigenvalue weighted by Crippen LogP contribution is -2.36. The van der Waals surface area contributed by atoms with Crippen LogP contribution in [0.2, 0.25) is 0 Å². The van der Waals surface area contributed by atoms with Crippen LogP contribution in [0, 0.1) is 0 Å². The number of halogens is 3. The van der Waals surface area contributed by atoms with Crippen LogP contribution in [0.25, 0.3) is 6.08 Å². The molecule has 33 heavy (non-hydrogen) atoms. The van der Waals surface area contributed by atoms with Crippen molar-refractivity contribution in [3.05, 3.63) is 83.6 Å². The Morgan fingerprint density at radius 2 is 1.88 bits per heavy atom. The fourth-order valence-corrected chi connectivity index (χ4v) is 3.58. The van der Waals surface area contributed by atoms with Crippen LogP contribution < -0.4 is 10.1 Å². The summed E-state index contributed by atoms with van der Waals surface area (Å²) in [5.74, 6) is 0.324. The van der Waals surface area contributed by atoms with E-state index in [2.05, 4.69) is 26.3 Å². The van der Waals surface area contributed by atoms with Gasteiger partial charge in [0.2, 0.25) is 5.88 Å². The minimum absolute atomic E-state index is 0.0160. The number of allylic oxidation sites excluding steroid dienone is 1. The van der Waals surface area contributed by atoms with Gasteiger partial charge in [-0.1, -0.05) is 23.8 Å². The van der Waals surface area contributed by atoms with Crippen molar-refractivity contribution in [1.82, 2.24) is 20.3 Å². The summed E-state index contributed by atoms with van der Waals surface area (Å²) in [6, 6.07) is 10.8. The van der Waals surface area contributed by atoms with Gasteiger partial charge in [0, 0.05) is 18.4 Å². The van der Waals surface area contributed by atoms with Crippen molar-refractivity contribution >= 4 is 12.0 Å². The first-order chi connectivity index (χ1) is 15.9. The van der Waals surface area contributed by atoms with Gasteiger partial charge in [-0.2, -0.15) is 13.2 Å². The van der Waals surface area contributed by atoms with Gasteiger partial charge in [-0.3, -0.25) is 9.78 Å². The molecule has 2 heterocycles. The molecule has 0 bridgehead atoms. The molecule has 1 saturated carbocycles. The van der Waals surface area contributed by atoms with Crippen molar-refractivity contribution in [1.29, 1.82) is 0 Å². The van der Waals surface area contributed by atoms with Crippen molar-refractivity contribution in [3.8, 4) is 11.6 Å². The second-order valence-electron chi connectivity index (χ2n) is 7.70. The van der Waals surface area contributed by atoms with Crippen LogP contribution in [0.15, 0.2) is 66.8 Å². The molecule has 3 aromatic rings. The van der Waals surface area contributed by atoms with E-state index in [-0.39, 0.29) is 17.8 Å². The Morgan fingerprint density at radius 1 is 1.06 bits per heavy atom. The third-order valence-electron chi connectivity index (χ3n) is 5.26. The first-order valence-corrected chi connectivity index (χ1v) is 10.4. The fourth-order valence-electron chi connectivity index (χ4n) is 3.58. The third-order valence-corrected chi connectivity index (χ3v) is 5.26. The Morgan fingerprint density at radius 3 is 2.55 bits per heavy atom. The van der Waals surface area contributed by atoms with Crippen molar-refractivity contribution < 1.29 is 22.7 Å². The molecule has 9 heteroatoms. The van der Waals surface area contributed by atoms with Crippen LogP contribution in [0.4, 0.5) is 13.2 Å². The number of amides is 1. The van der Waals surface area contributed by atoms with Crippen LogP contribution in [0.3, 0.4) is 0 Å². The second-order valence-corrected chi connectivity index (χ2v) is 7.70. The Balaban J connectivity index is 1.34. The number of benzene rings is 1. The predicted octanol–water partition coefficient (Wildman–Crippen LogP) is 5.44. The zero-order valence-electron chi connectivity index (χ0n) is 17.5. The molecule has 0 radical (unpaired) electrons. The van der Waals surface area contributed by atoms with Crippen LogP contribution in [0.5, 0.6) is 11.6 Å². The highest BCUT2D eigenvalue weighted by Gasteiger charge is 2.32. The SMILES string of the molecule is O=C(NC1CCC(=Cc2cccc(Oc3cnc(C(F)(F)F)cn3)c2)CC1)c1cccnc1. The zero-order valence-corrected chi connectivity index (χ0v) is 17.5. The molecular formula is C24H21F3N4O2. The molecule has 1 aliphatic carbocycles. The standard InChI is InChI=1S/C24H21F3N4O2/c25-24(26,27)21-14-30-22(15-29-21)33-20-5-1-3-17(12-20)11-16-6-8-19(9-7-16)31-23(32)18-4-2-10-28-13-18/h1-5,10-15,19H,6-9H2,(H,31,32). The molecule has 0 aliphatic heterocycles. The molecule has 4 rings (SSSR count). The summed E-state index contributed by atoms with van der Waals surface area (Å²) in [7, 11) is 0. The fraction of sp³-hybridized carbons (Fsp3) is 0.250. The minimum Gasteiger partial charge on any atom is -0.437 e. The average Bonchev–Trinajstić information content (AvgIpc) is 2.81. The normalized spacial score (nSPS) is 16.2. The summed E-state index contributed by atoms with van der Waals surface area (Å²) in [5.41, 5.74) is 1.66. The number of pyridine rings is 1. The Hall–Kier alpha value is -3.75. The average molecular weight is 454 g/mol. The van der Waals surface area contributed by atoms with Crippen LogP contribution in [-0.4, -0.2) is 26.9 Å². The van der Waals surface area contributed by atoms with Gasteiger partial charge in [0.05, 0.1) is 18.0 Å². The summed E-state index contributed by atoms with van der Waals surface area (Å²) < 4.78 is 43.4. The van der Waals surface area contributed by atoms with E-state index >= 15 is 0 Å². The minimum atomic E-state index is -4.54. The number of hydrogen-bond donors (Lipinski definition) is 1. The Bertz CT molecular complexity index is 1120. The van der Waals surface area contributed by atoms with Crippen molar-refractivity contribution in [2.75, 3.05) is 0 Å². The number of hydrogen-bond acceptors (Lipinski definition) is 5. The molecule has 0 unspecified atom stereocenters. The largest absolute Gasteiger partial charge is 0.437 e. The maximum absolute atomic E-state index is 12.6. The van der Waals surface area contributed by atoms with Crippen molar-refractivity contribution in [2.24, 2.45) is 0 Å². The second kappa shape index (κ2) is 9.81. The highest BCUT2D eigenvalue weighted by atomic mass is 19.4. The van der Waals surface area contributed by atoms with Gasteiger partial charge < -0.3 is 10.1 Å². The van der Waals surface area contributed by atoms with E-state index in [9.17, 15) is 18.0 Å². The Kier molecular flexibility index (Phi) is 6.67. The maximum Gasteiger partial charge on any atom is 0.434 e. The van der Waals surface area contributed by atoms with E-state index < -0.39 is 11.9 Å². The maximum atomic E-state index is 12.6. The van der Waals surface area contributed by atoms with Gasteiger partial charge in [0.25, 0.3) is 5.91 Å². The summed E-state index contributed by atoms with van der Waals surface area (Å²) in [4.78, 5) is 23.3. The molecule has 1 aromatic carbocycles. The van der Waals surface area contributed by atoms with Gasteiger partial charge >= 0.3 is 6.18 Å². The lowest BCUT2D eigenvalue weighted by molar-refractivity contribution is -0.141. The van der Waals surface area contributed by atoms with Crippen LogP contribution >= 0.6 is 0 Å². The van der Waals surface area contributed by atoms with Gasteiger partial charge in [-0.15, -0.1) is 0 Å². The number of nitrogens with zero attached hydrogens (tertiary/aromatic N) is 3. The third kappa shape index (κ3) is 6.15. The molecule has 170 valence electrons. The first kappa shape index (κ1) is 22.4. The molecule has 0 spiro atoms. The lowest BCUT2D eigenvalue weighted by atomic mass is 9.89. The lowest BCUT2D eigenvalue weighted by Gasteiger charge is -2.25. The van der Waals surface area contributed by atoms with E-state index in [1.807, 2.05) is 6.07 Å². The highest BCUT2D eigenvalue weighted by Crippen LogP contribution is 2.29. The molecule has 0 atom stereocenters. The Labute approximate surface area is 188 Å². The number of aromatic nitrogens is 3. The summed E-state index contributed by atoms with van der Waals surface area (Å²) in [6.45, 7) is 0. The predicted molar refractivity (Wildman–Crippen MR) is 115 cm³/mol. The van der Waals surface area contributed by atoms with Crippen LogP contribution in [-0.2, 0) is 6.18 Å². The number of carbonyl (C=O) groups is 1. The highest BCUT2D eigenvalue weighted by molar-refractivity contribution is 5.94. The van der Waals surface area contributed by atoms with E-state index in [1.165, 1.54) is 5.57 Å². The number of carbonyl (C=O) groups excluding carboxylic acids is 1. The van der Waals surface area contributed by atoms with E-state index in [4.69, 9.17) is 4.74 Å². The first-order valence-electron chi connectivity index (χ1n) is 10.4. The molecule has 1 amide bonds. The number of rotatable bonds is 5. The van der Waals surface area contributed by atoms with Crippen molar-refractivity contribution in [3.63, 3.8) is 0 Å². The summed E-state index contributed by atoms with van der Waals surface area (Å²) in [5, 5.41) is 3.06. The van der Waals surface area contributed by atoms with E-state index in [0.717, 1.165) is 37.4 Å². The molecule has 6 nitrogen and oxygen atoms in total. The zero-order chi connectivity index (χ0) is 23.3. The summed E-state index contributed by atoms with van der Waals surface area (Å²) >= 11 is 0. The topological polar surface area (TPSA) is 77.0 Å². The molecular weight excluding hydrogens is 433 g/mol. The summed E-state index contributed by atoms with van der Waals surface area (Å²) in [6.07, 6.45) is 5.70. The van der Waals surface area contributed by atoms with E-state index in [0.29, 0.717) is 17.5 Å². The van der Waals surface area contributed by atoms with Gasteiger partial charge in [0.1, 0.15) is 5.75 Å². The van der Waals surface area contributed by atoms with Gasteiger partial charge in [0.15, 0.2) is 5.69 Å². The molecule has 0 saturated heterocycles. The smallest absolute Gasteiger partial charge is 0.434 e. The quantitative estimate of drug-likeness (QED) is 0.556. The molecule has 1 fully saturated rings. The molecule has 1 aliphatic rings. The van der Waals surface area contributed by atoms with Crippen molar-refractivity contribution in [2.45, 2.75) is 37.9 Å². The van der Waals surface area contributed by atoms with Gasteiger partial charge in [-0.05, 0) is 55.5 Å². The van der Waals surface area contributed by atoms with E-state index in [1.54, 1.807) is 42.7 Å². The number of nitrogens with one attached hydrogen (secondary N) is 1. The molecule has 1 N–H and O–H groups in total. The molecule has 2 aromatic heterocycles. The number of ether oxygens (including phenoxy) is 1. The monoisotopic (exact) mass is 454 g/mol.